The summed E-state index contributed by atoms with van der Waals surface area (Å²) in [7, 11) is 0. The molecule has 1 fully saturated rings. The van der Waals surface area contributed by atoms with E-state index in [0.29, 0.717) is 6.07 Å². The van der Waals surface area contributed by atoms with Gasteiger partial charge in [-0.15, -0.1) is 0 Å². The Morgan fingerprint density at radius 2 is 2.00 bits per heavy atom. The second-order valence-corrected chi connectivity index (χ2v) is 7.51. The van der Waals surface area contributed by atoms with Gasteiger partial charge in [-0.3, -0.25) is 9.59 Å². The van der Waals surface area contributed by atoms with Crippen molar-refractivity contribution in [2.24, 2.45) is 5.92 Å². The molecule has 0 radical (unpaired) electrons. The van der Waals surface area contributed by atoms with Gasteiger partial charge < -0.3 is 10.2 Å². The summed E-state index contributed by atoms with van der Waals surface area (Å²) in [4.78, 5) is 27.0. The van der Waals surface area contributed by atoms with E-state index in [-0.39, 0.29) is 30.4 Å². The monoisotopic (exact) mass is 411 g/mol. The molecule has 3 rings (SSSR count). The highest BCUT2D eigenvalue weighted by Crippen LogP contribution is 2.33. The van der Waals surface area contributed by atoms with Gasteiger partial charge in [-0.1, -0.05) is 38.1 Å². The van der Waals surface area contributed by atoms with E-state index in [9.17, 15) is 23.6 Å². The molecule has 0 aromatic heterocycles. The molecule has 1 saturated heterocycles. The number of nitrogens with zero attached hydrogens (tertiary/aromatic N) is 2. The predicted molar refractivity (Wildman–Crippen MR) is 108 cm³/mol. The summed E-state index contributed by atoms with van der Waals surface area (Å²) >= 11 is 0. The number of halogens is 2. The smallest absolute Gasteiger partial charge is 0.227 e. The van der Waals surface area contributed by atoms with Crippen molar-refractivity contribution in [3.8, 4) is 6.07 Å². The number of amides is 2. The number of anilines is 1. The van der Waals surface area contributed by atoms with Gasteiger partial charge in [0.1, 0.15) is 17.7 Å². The van der Waals surface area contributed by atoms with Gasteiger partial charge in [0.05, 0.1) is 12.0 Å². The number of hydrogen-bond donors (Lipinski definition) is 1. The maximum Gasteiger partial charge on any atom is 0.227 e. The van der Waals surface area contributed by atoms with Crippen molar-refractivity contribution < 1.29 is 18.4 Å². The van der Waals surface area contributed by atoms with Crippen molar-refractivity contribution in [1.29, 1.82) is 5.26 Å². The molecule has 1 N–H and O–H groups in total. The number of carbonyl (C=O) groups excluding carboxylic acids is 2. The molecule has 0 spiro atoms. The minimum atomic E-state index is -1.27. The molecule has 156 valence electrons. The third-order valence-corrected chi connectivity index (χ3v) is 5.56. The average molecular weight is 411 g/mol. The van der Waals surface area contributed by atoms with Crippen LogP contribution in [0, 0.1) is 28.9 Å². The van der Waals surface area contributed by atoms with Gasteiger partial charge in [-0.2, -0.15) is 5.26 Å². The van der Waals surface area contributed by atoms with Crippen LogP contribution in [0.2, 0.25) is 0 Å². The molecule has 3 atom stereocenters. The summed E-state index contributed by atoms with van der Waals surface area (Å²) in [6, 6.07) is 11.0. The lowest BCUT2D eigenvalue weighted by molar-refractivity contribution is -0.126. The first-order valence-electron chi connectivity index (χ1n) is 9.89. The van der Waals surface area contributed by atoms with Crippen molar-refractivity contribution in [2.45, 2.75) is 38.6 Å². The normalized spacial score (nSPS) is 18.0. The van der Waals surface area contributed by atoms with Gasteiger partial charge in [0, 0.05) is 30.3 Å². The Labute approximate surface area is 174 Å². The molecule has 3 unspecified atom stereocenters. The maximum absolute atomic E-state index is 14.0. The minimum Gasteiger partial charge on any atom is -0.336 e. The van der Waals surface area contributed by atoms with E-state index in [1.807, 2.05) is 30.3 Å². The van der Waals surface area contributed by atoms with Crippen molar-refractivity contribution in [2.75, 3.05) is 11.4 Å². The number of carbonyl (C=O) groups is 2. The summed E-state index contributed by atoms with van der Waals surface area (Å²) in [5.74, 6) is -2.77. The number of benzene rings is 2. The first kappa shape index (κ1) is 21.4. The topological polar surface area (TPSA) is 73.2 Å². The summed E-state index contributed by atoms with van der Waals surface area (Å²) in [6.45, 7) is 4.33. The Kier molecular flexibility index (Phi) is 6.46. The lowest BCUT2D eigenvalue weighted by Crippen LogP contribution is -2.35. The lowest BCUT2D eigenvalue weighted by atomic mass is 9.96. The van der Waals surface area contributed by atoms with Crippen LogP contribution in [0.15, 0.2) is 42.5 Å². The molecular weight excluding hydrogens is 388 g/mol. The van der Waals surface area contributed by atoms with Crippen LogP contribution >= 0.6 is 0 Å². The zero-order valence-electron chi connectivity index (χ0n) is 16.9. The van der Waals surface area contributed by atoms with Gasteiger partial charge in [0.15, 0.2) is 0 Å². The fraction of sp³-hybridized carbons (Fsp3) is 0.348. The number of para-hydroxylation sites is 1. The standard InChI is InChI=1S/C23H23F2N3O2/c1-3-14(2)17-6-4-5-7-21(17)28-13-15(10-22(28)29)23(30)27-20(12-26)18-9-8-16(24)11-19(18)25/h4-9,11,14-15,20H,3,10,13H2,1-2H3,(H,27,30). The van der Waals surface area contributed by atoms with Crippen LogP contribution in [0.4, 0.5) is 14.5 Å². The van der Waals surface area contributed by atoms with Gasteiger partial charge in [-0.25, -0.2) is 8.78 Å². The Balaban J connectivity index is 1.76. The molecule has 5 nitrogen and oxygen atoms in total. The van der Waals surface area contributed by atoms with E-state index >= 15 is 0 Å². The highest BCUT2D eigenvalue weighted by Gasteiger charge is 2.37. The predicted octanol–water partition coefficient (Wildman–Crippen LogP) is 4.21. The molecule has 1 heterocycles. The van der Waals surface area contributed by atoms with Crippen molar-refractivity contribution in [3.63, 3.8) is 0 Å². The highest BCUT2D eigenvalue weighted by atomic mass is 19.1. The second-order valence-electron chi connectivity index (χ2n) is 7.51. The van der Waals surface area contributed by atoms with E-state index in [2.05, 4.69) is 19.2 Å². The first-order chi connectivity index (χ1) is 14.3. The van der Waals surface area contributed by atoms with Crippen molar-refractivity contribution in [1.82, 2.24) is 5.32 Å². The Morgan fingerprint density at radius 1 is 1.27 bits per heavy atom. The maximum atomic E-state index is 14.0. The molecule has 0 aliphatic carbocycles. The fourth-order valence-corrected chi connectivity index (χ4v) is 3.66. The van der Waals surface area contributed by atoms with E-state index in [1.165, 1.54) is 0 Å². The van der Waals surface area contributed by atoms with E-state index in [4.69, 9.17) is 0 Å². The van der Waals surface area contributed by atoms with Crippen molar-refractivity contribution in [3.05, 3.63) is 65.2 Å². The van der Waals surface area contributed by atoms with Crippen LogP contribution in [-0.4, -0.2) is 18.4 Å². The third kappa shape index (κ3) is 4.33. The van der Waals surface area contributed by atoms with Crippen LogP contribution in [0.25, 0.3) is 0 Å². The molecule has 0 bridgehead atoms. The number of hydrogen-bond acceptors (Lipinski definition) is 3. The SMILES string of the molecule is CCC(C)c1ccccc1N1CC(C(=O)NC(C#N)c2ccc(F)cc2F)CC1=O. The van der Waals surface area contributed by atoms with Crippen LogP contribution in [0.1, 0.15) is 49.8 Å². The van der Waals surface area contributed by atoms with Gasteiger partial charge in [0.25, 0.3) is 0 Å². The summed E-state index contributed by atoms with van der Waals surface area (Å²) in [5.41, 5.74) is 1.71. The minimum absolute atomic E-state index is 0.00468. The van der Waals surface area contributed by atoms with Gasteiger partial charge in [0.2, 0.25) is 11.8 Å². The first-order valence-corrected chi connectivity index (χ1v) is 9.89. The van der Waals surface area contributed by atoms with Crippen LogP contribution in [0.5, 0.6) is 0 Å². The van der Waals surface area contributed by atoms with E-state index in [1.54, 1.807) is 4.90 Å². The number of nitriles is 1. The van der Waals surface area contributed by atoms with Crippen LogP contribution in [0.3, 0.4) is 0 Å². The van der Waals surface area contributed by atoms with Crippen molar-refractivity contribution >= 4 is 17.5 Å². The number of nitrogens with one attached hydrogen (secondary N) is 1. The van der Waals surface area contributed by atoms with Crippen LogP contribution < -0.4 is 10.2 Å². The fourth-order valence-electron chi connectivity index (χ4n) is 3.66. The molecular formula is C23H23F2N3O2. The summed E-state index contributed by atoms with van der Waals surface area (Å²) < 4.78 is 27.1. The molecule has 1 aliphatic rings. The molecule has 0 saturated carbocycles. The Bertz CT molecular complexity index is 1000. The Hall–Kier alpha value is -3.27. The highest BCUT2D eigenvalue weighted by molar-refractivity contribution is 6.01. The summed E-state index contributed by atoms with van der Waals surface area (Å²) in [5, 5.41) is 11.9. The second kappa shape index (κ2) is 9.04. The van der Waals surface area contributed by atoms with E-state index < -0.39 is 29.5 Å². The molecule has 1 aliphatic heterocycles. The molecule has 7 heteroatoms. The quantitative estimate of drug-likeness (QED) is 0.774. The van der Waals surface area contributed by atoms with Gasteiger partial charge in [-0.05, 0) is 30.0 Å². The molecule has 30 heavy (non-hydrogen) atoms. The number of rotatable bonds is 6. The van der Waals surface area contributed by atoms with E-state index in [0.717, 1.165) is 29.8 Å². The zero-order chi connectivity index (χ0) is 21.8. The largest absolute Gasteiger partial charge is 0.336 e. The molecule has 2 aromatic carbocycles. The third-order valence-electron chi connectivity index (χ3n) is 5.56. The van der Waals surface area contributed by atoms with Crippen LogP contribution in [-0.2, 0) is 9.59 Å². The Morgan fingerprint density at radius 3 is 2.67 bits per heavy atom. The summed E-state index contributed by atoms with van der Waals surface area (Å²) in [6.07, 6.45) is 0.917. The zero-order valence-corrected chi connectivity index (χ0v) is 16.9. The molecule has 2 aromatic rings. The molecule has 2 amide bonds. The lowest BCUT2D eigenvalue weighted by Gasteiger charge is -2.23. The van der Waals surface area contributed by atoms with Gasteiger partial charge >= 0.3 is 0 Å². The average Bonchev–Trinajstić information content (AvgIpc) is 3.13.